The zero-order chi connectivity index (χ0) is 13.9. The quantitative estimate of drug-likeness (QED) is 0.857. The summed E-state index contributed by atoms with van der Waals surface area (Å²) in [5.74, 6) is 0.525. The van der Waals surface area contributed by atoms with Crippen LogP contribution in [0.2, 0.25) is 0 Å². The zero-order valence-electron chi connectivity index (χ0n) is 12.1. The maximum atomic E-state index is 6.71. The fraction of sp³-hybridized carbons (Fsp3) is 0.333. The molecule has 100 valence electrons. The molecule has 1 atom stereocenters. The number of rotatable bonds is 4. The normalized spacial score (nSPS) is 14.4. The van der Waals surface area contributed by atoms with E-state index in [-0.39, 0.29) is 0 Å². The first kappa shape index (κ1) is 13.8. The van der Waals surface area contributed by atoms with Gasteiger partial charge in [0, 0.05) is 0 Å². The topological polar surface area (TPSA) is 26.0 Å². The highest BCUT2D eigenvalue weighted by atomic mass is 14.7. The summed E-state index contributed by atoms with van der Waals surface area (Å²) < 4.78 is 0. The van der Waals surface area contributed by atoms with Crippen LogP contribution in [0.5, 0.6) is 0 Å². The lowest BCUT2D eigenvalue weighted by Gasteiger charge is -2.30. The first-order valence-corrected chi connectivity index (χ1v) is 7.02. The van der Waals surface area contributed by atoms with Crippen LogP contribution in [0, 0.1) is 0 Å². The van der Waals surface area contributed by atoms with Crippen molar-refractivity contribution >= 4 is 0 Å². The van der Waals surface area contributed by atoms with E-state index < -0.39 is 5.54 Å². The molecule has 0 heterocycles. The van der Waals surface area contributed by atoms with Crippen molar-refractivity contribution in [3.8, 4) is 0 Å². The third-order valence-corrected chi connectivity index (χ3v) is 3.92. The maximum Gasteiger partial charge on any atom is 0.0663 e. The van der Waals surface area contributed by atoms with Gasteiger partial charge in [-0.25, -0.2) is 0 Å². The van der Waals surface area contributed by atoms with Gasteiger partial charge in [0.1, 0.15) is 0 Å². The van der Waals surface area contributed by atoms with Crippen molar-refractivity contribution in [2.24, 2.45) is 5.73 Å². The van der Waals surface area contributed by atoms with Gasteiger partial charge in [-0.1, -0.05) is 75.4 Å². The van der Waals surface area contributed by atoms with Crippen molar-refractivity contribution in [1.82, 2.24) is 0 Å². The molecule has 2 N–H and O–H groups in total. The third kappa shape index (κ3) is 2.71. The minimum absolute atomic E-state index is 0.397. The molecule has 0 aliphatic heterocycles. The van der Waals surface area contributed by atoms with Gasteiger partial charge in [-0.2, -0.15) is 0 Å². The molecule has 0 aliphatic carbocycles. The Morgan fingerprint density at radius 1 is 0.947 bits per heavy atom. The molecule has 1 unspecified atom stereocenters. The molecule has 2 rings (SSSR count). The van der Waals surface area contributed by atoms with Crippen LogP contribution in [0.25, 0.3) is 0 Å². The molecular weight excluding hydrogens is 230 g/mol. The summed E-state index contributed by atoms with van der Waals surface area (Å²) in [5.41, 5.74) is 10.0. The number of nitrogens with two attached hydrogens (primary N) is 1. The van der Waals surface area contributed by atoms with Crippen LogP contribution in [0.15, 0.2) is 54.6 Å². The Labute approximate surface area is 116 Å². The van der Waals surface area contributed by atoms with Crippen LogP contribution >= 0.6 is 0 Å². The molecule has 1 heteroatoms. The second-order valence-corrected chi connectivity index (χ2v) is 5.47. The van der Waals surface area contributed by atoms with Gasteiger partial charge in [-0.3, -0.25) is 0 Å². The molecule has 0 radical (unpaired) electrons. The summed E-state index contributed by atoms with van der Waals surface area (Å²) in [4.78, 5) is 0. The zero-order valence-corrected chi connectivity index (χ0v) is 12.1. The highest BCUT2D eigenvalue weighted by molar-refractivity contribution is 5.40. The molecule has 0 spiro atoms. The van der Waals surface area contributed by atoms with Gasteiger partial charge in [0.2, 0.25) is 0 Å². The lowest BCUT2D eigenvalue weighted by atomic mass is 9.80. The molecule has 0 saturated carbocycles. The number of hydrogen-bond donors (Lipinski definition) is 1. The van der Waals surface area contributed by atoms with E-state index in [1.54, 1.807) is 0 Å². The van der Waals surface area contributed by atoms with Crippen LogP contribution in [-0.4, -0.2) is 0 Å². The highest BCUT2D eigenvalue weighted by Crippen LogP contribution is 2.31. The van der Waals surface area contributed by atoms with E-state index in [0.717, 1.165) is 6.42 Å². The molecular formula is C18H23N. The smallest absolute Gasteiger partial charge is 0.0663 e. The van der Waals surface area contributed by atoms with Gasteiger partial charge in [0.05, 0.1) is 5.54 Å². The Morgan fingerprint density at radius 3 is 2.16 bits per heavy atom. The van der Waals surface area contributed by atoms with E-state index in [1.807, 2.05) is 6.07 Å². The summed E-state index contributed by atoms with van der Waals surface area (Å²) in [5, 5.41) is 0. The van der Waals surface area contributed by atoms with Gasteiger partial charge >= 0.3 is 0 Å². The van der Waals surface area contributed by atoms with Crippen LogP contribution in [0.4, 0.5) is 0 Å². The van der Waals surface area contributed by atoms with E-state index in [1.165, 1.54) is 16.7 Å². The number of hydrogen-bond acceptors (Lipinski definition) is 1. The number of benzene rings is 2. The van der Waals surface area contributed by atoms with E-state index in [0.29, 0.717) is 5.92 Å². The summed E-state index contributed by atoms with van der Waals surface area (Å²) in [6, 6.07) is 19.1. The molecule has 2 aromatic carbocycles. The summed E-state index contributed by atoms with van der Waals surface area (Å²) in [6.07, 6.45) is 0.887. The van der Waals surface area contributed by atoms with E-state index in [2.05, 4.69) is 69.3 Å². The predicted molar refractivity (Wildman–Crippen MR) is 82.2 cm³/mol. The minimum atomic E-state index is -0.397. The second-order valence-electron chi connectivity index (χ2n) is 5.47. The fourth-order valence-corrected chi connectivity index (χ4v) is 2.49. The fourth-order valence-electron chi connectivity index (χ4n) is 2.49. The van der Waals surface area contributed by atoms with Gasteiger partial charge < -0.3 is 5.73 Å². The largest absolute Gasteiger partial charge is 0.318 e. The summed E-state index contributed by atoms with van der Waals surface area (Å²) >= 11 is 0. The Bertz CT molecular complexity index is 530. The van der Waals surface area contributed by atoms with Crippen molar-refractivity contribution in [2.75, 3.05) is 0 Å². The summed E-state index contributed by atoms with van der Waals surface area (Å²) in [6.45, 7) is 6.58. The average molecular weight is 253 g/mol. The van der Waals surface area contributed by atoms with Crippen molar-refractivity contribution in [2.45, 2.75) is 38.6 Å². The summed E-state index contributed by atoms with van der Waals surface area (Å²) in [7, 11) is 0. The second kappa shape index (κ2) is 5.58. The van der Waals surface area contributed by atoms with Gasteiger partial charge in [-0.05, 0) is 29.0 Å². The van der Waals surface area contributed by atoms with Crippen LogP contribution < -0.4 is 5.73 Å². The predicted octanol–water partition coefficient (Wildman–Crippen LogP) is 4.42. The molecule has 1 nitrogen and oxygen atoms in total. The van der Waals surface area contributed by atoms with Crippen molar-refractivity contribution in [3.63, 3.8) is 0 Å². The first-order chi connectivity index (χ1) is 9.08. The Hall–Kier alpha value is -1.60. The maximum absolute atomic E-state index is 6.71. The third-order valence-electron chi connectivity index (χ3n) is 3.92. The highest BCUT2D eigenvalue weighted by Gasteiger charge is 2.27. The molecule has 0 aromatic heterocycles. The standard InChI is InChI=1S/C18H23N/c1-4-18(19,16-10-6-5-7-11-16)17-12-8-9-15(13-17)14(2)3/h5-14H,4,19H2,1-3H3. The monoisotopic (exact) mass is 253 g/mol. The SMILES string of the molecule is CCC(N)(c1ccccc1)c1cccc(C(C)C)c1. The van der Waals surface area contributed by atoms with Crippen molar-refractivity contribution < 1.29 is 0 Å². The lowest BCUT2D eigenvalue weighted by molar-refractivity contribution is 0.518. The Morgan fingerprint density at radius 2 is 1.58 bits per heavy atom. The van der Waals surface area contributed by atoms with E-state index in [9.17, 15) is 0 Å². The Balaban J connectivity index is 2.50. The van der Waals surface area contributed by atoms with Gasteiger partial charge in [0.25, 0.3) is 0 Å². The van der Waals surface area contributed by atoms with Crippen LogP contribution in [0.1, 0.15) is 49.8 Å². The van der Waals surface area contributed by atoms with E-state index >= 15 is 0 Å². The molecule has 0 bridgehead atoms. The Kier molecular flexibility index (Phi) is 4.06. The molecule has 0 saturated heterocycles. The van der Waals surface area contributed by atoms with Gasteiger partial charge in [-0.15, -0.1) is 0 Å². The molecule has 0 aliphatic rings. The van der Waals surface area contributed by atoms with E-state index in [4.69, 9.17) is 5.73 Å². The minimum Gasteiger partial charge on any atom is -0.318 e. The average Bonchev–Trinajstić information content (AvgIpc) is 2.47. The van der Waals surface area contributed by atoms with Crippen molar-refractivity contribution in [3.05, 3.63) is 71.3 Å². The van der Waals surface area contributed by atoms with Crippen LogP contribution in [0.3, 0.4) is 0 Å². The van der Waals surface area contributed by atoms with Crippen LogP contribution in [-0.2, 0) is 5.54 Å². The molecule has 0 amide bonds. The molecule has 0 fully saturated rings. The first-order valence-electron chi connectivity index (χ1n) is 7.02. The molecule has 2 aromatic rings. The van der Waals surface area contributed by atoms with Gasteiger partial charge in [0.15, 0.2) is 0 Å². The lowest BCUT2D eigenvalue weighted by Crippen LogP contribution is -2.37. The molecule has 19 heavy (non-hydrogen) atoms. The van der Waals surface area contributed by atoms with Crippen molar-refractivity contribution in [1.29, 1.82) is 0 Å².